The lowest BCUT2D eigenvalue weighted by Gasteiger charge is -2.31. The zero-order valence-corrected chi connectivity index (χ0v) is 20.8. The monoisotopic (exact) mass is 517 g/mol. The smallest absolute Gasteiger partial charge is 0.324 e. The average Bonchev–Trinajstić information content (AvgIpc) is 3.53. The molecule has 2 saturated heterocycles. The molecule has 0 saturated carbocycles. The number of nitrogens with two attached hydrogens (primary N) is 1. The maximum Gasteiger partial charge on any atom is 0.324 e. The van der Waals surface area contributed by atoms with Gasteiger partial charge in [0.15, 0.2) is 23.2 Å². The number of rotatable bonds is 7. The lowest BCUT2D eigenvalue weighted by atomic mass is 9.94. The molecule has 1 unspecified atom stereocenters. The van der Waals surface area contributed by atoms with E-state index in [-0.39, 0.29) is 23.9 Å². The lowest BCUT2D eigenvalue weighted by molar-refractivity contribution is 0.223. The van der Waals surface area contributed by atoms with E-state index in [9.17, 15) is 13.2 Å². The predicted molar refractivity (Wildman–Crippen MR) is 130 cm³/mol. The summed E-state index contributed by atoms with van der Waals surface area (Å²) in [6, 6.07) is 1.50. The topological polar surface area (TPSA) is 106 Å². The third-order valence-corrected chi connectivity index (χ3v) is 6.92. The van der Waals surface area contributed by atoms with Crippen molar-refractivity contribution < 1.29 is 22.4 Å². The van der Waals surface area contributed by atoms with E-state index in [0.717, 1.165) is 32.0 Å². The van der Waals surface area contributed by atoms with Crippen LogP contribution >= 0.6 is 0 Å². The molecule has 0 bridgehead atoms. The van der Waals surface area contributed by atoms with Crippen LogP contribution in [0, 0.1) is 23.4 Å². The van der Waals surface area contributed by atoms with Crippen molar-refractivity contribution >= 4 is 12.0 Å². The number of hydrogen-bond acceptors (Lipinski definition) is 9. The third-order valence-electron chi connectivity index (χ3n) is 6.92. The van der Waals surface area contributed by atoms with Gasteiger partial charge in [0.2, 0.25) is 5.95 Å². The van der Waals surface area contributed by atoms with Crippen molar-refractivity contribution in [3.8, 4) is 5.75 Å². The number of benzene rings is 1. The van der Waals surface area contributed by atoms with E-state index in [1.54, 1.807) is 17.3 Å². The van der Waals surface area contributed by atoms with Crippen molar-refractivity contribution in [1.82, 2.24) is 20.1 Å². The molecule has 2 fully saturated rings. The molecule has 0 amide bonds. The minimum Gasteiger partial charge on any atom is -0.490 e. The van der Waals surface area contributed by atoms with Crippen molar-refractivity contribution in [2.24, 2.45) is 11.7 Å². The average molecular weight is 518 g/mol. The summed E-state index contributed by atoms with van der Waals surface area (Å²) in [7, 11) is 0. The van der Waals surface area contributed by atoms with Crippen molar-refractivity contribution in [1.29, 1.82) is 0 Å². The molecule has 2 N–H and O–H groups in total. The van der Waals surface area contributed by atoms with Crippen molar-refractivity contribution in [2.75, 3.05) is 42.6 Å². The molecule has 3 atom stereocenters. The Balaban J connectivity index is 1.16. The normalized spacial score (nSPS) is 22.2. The Morgan fingerprint density at radius 2 is 1.81 bits per heavy atom. The summed E-state index contributed by atoms with van der Waals surface area (Å²) >= 11 is 0. The second kappa shape index (κ2) is 10.5. The van der Waals surface area contributed by atoms with Gasteiger partial charge in [-0.1, -0.05) is 19.0 Å². The zero-order valence-electron chi connectivity index (χ0n) is 20.8. The molecular formula is C25H30F3N7O2. The minimum atomic E-state index is -1.22. The van der Waals surface area contributed by atoms with Gasteiger partial charge in [-0.2, -0.15) is 4.98 Å². The van der Waals surface area contributed by atoms with Crippen LogP contribution in [0.15, 0.2) is 29.0 Å². The first kappa shape index (κ1) is 25.2. The Hall–Kier alpha value is -3.41. The third kappa shape index (κ3) is 5.48. The van der Waals surface area contributed by atoms with Crippen LogP contribution in [0.2, 0.25) is 0 Å². The molecule has 5 rings (SSSR count). The van der Waals surface area contributed by atoms with Crippen LogP contribution in [-0.4, -0.2) is 58.9 Å². The summed E-state index contributed by atoms with van der Waals surface area (Å²) in [5.41, 5.74) is 6.25. The highest BCUT2D eigenvalue weighted by Crippen LogP contribution is 2.32. The zero-order chi connectivity index (χ0) is 26.1. The van der Waals surface area contributed by atoms with Crippen LogP contribution in [0.4, 0.5) is 25.1 Å². The van der Waals surface area contributed by atoms with Crippen LogP contribution in [-0.2, 0) is 0 Å². The van der Waals surface area contributed by atoms with Gasteiger partial charge < -0.3 is 24.8 Å². The van der Waals surface area contributed by atoms with Crippen LogP contribution in [0.1, 0.15) is 49.9 Å². The van der Waals surface area contributed by atoms with E-state index in [1.807, 2.05) is 13.8 Å². The number of nitrogens with zero attached hydrogens (tertiary/aromatic N) is 6. The van der Waals surface area contributed by atoms with Gasteiger partial charge in [-0.25, -0.2) is 23.1 Å². The lowest BCUT2D eigenvalue weighted by Crippen LogP contribution is -2.38. The van der Waals surface area contributed by atoms with Crippen molar-refractivity contribution in [2.45, 2.75) is 44.6 Å². The highest BCUT2D eigenvalue weighted by Gasteiger charge is 2.35. The second-order valence-electron chi connectivity index (χ2n) is 10.0. The van der Waals surface area contributed by atoms with E-state index in [2.05, 4.69) is 25.0 Å². The molecule has 0 radical (unpaired) electrons. The van der Waals surface area contributed by atoms with Crippen LogP contribution in [0.5, 0.6) is 5.75 Å². The fraction of sp³-hybridized carbons (Fsp3) is 0.520. The van der Waals surface area contributed by atoms with E-state index >= 15 is 0 Å². The molecule has 4 heterocycles. The van der Waals surface area contributed by atoms with E-state index < -0.39 is 29.4 Å². The molecule has 9 nitrogen and oxygen atoms in total. The van der Waals surface area contributed by atoms with E-state index in [0.29, 0.717) is 42.8 Å². The molecule has 0 spiro atoms. The Kier molecular flexibility index (Phi) is 7.18. The molecular weight excluding hydrogens is 487 g/mol. The highest BCUT2D eigenvalue weighted by molar-refractivity contribution is 5.39. The largest absolute Gasteiger partial charge is 0.490 e. The van der Waals surface area contributed by atoms with E-state index in [1.165, 1.54) is 0 Å². The van der Waals surface area contributed by atoms with Gasteiger partial charge in [0, 0.05) is 56.0 Å². The Bertz CT molecular complexity index is 1220. The van der Waals surface area contributed by atoms with Gasteiger partial charge in [0.05, 0.1) is 19.0 Å². The molecule has 2 aliphatic heterocycles. The van der Waals surface area contributed by atoms with Crippen LogP contribution in [0.25, 0.3) is 0 Å². The minimum absolute atomic E-state index is 0.0522. The number of aromatic nitrogens is 4. The summed E-state index contributed by atoms with van der Waals surface area (Å²) in [5.74, 6) is -1.51. The number of piperidine rings is 1. The Morgan fingerprint density at radius 1 is 1.05 bits per heavy atom. The molecule has 3 aromatic rings. The quantitative estimate of drug-likeness (QED) is 0.470. The maximum atomic E-state index is 14.3. The molecule has 37 heavy (non-hydrogen) atoms. The molecule has 2 aliphatic rings. The first-order chi connectivity index (χ1) is 17.8. The molecule has 198 valence electrons. The van der Waals surface area contributed by atoms with Crippen LogP contribution < -0.4 is 20.3 Å². The maximum absolute atomic E-state index is 14.3. The van der Waals surface area contributed by atoms with Crippen molar-refractivity contribution in [3.63, 3.8) is 0 Å². The second-order valence-corrected chi connectivity index (χ2v) is 10.0. The first-order valence-electron chi connectivity index (χ1n) is 12.5. The van der Waals surface area contributed by atoms with Gasteiger partial charge in [-0.15, -0.1) is 0 Å². The highest BCUT2D eigenvalue weighted by atomic mass is 19.2. The summed E-state index contributed by atoms with van der Waals surface area (Å²) in [4.78, 5) is 17.2. The SMILES string of the molecule is CC(C)c1noc(N2CCCC(COc3cnc(N4C[C@H](c5cc(F)c(F)cc5F)[C@@H](N)C4)nc3)C2)n1. The summed E-state index contributed by atoms with van der Waals surface area (Å²) in [6.07, 6.45) is 5.20. The standard InChI is InChI=1S/C25H30F3N7O2/c1-14(2)23-32-25(37-33-23)34-5-3-4-15(10-34)13-36-16-8-30-24(31-9-16)35-11-18(22(29)12-35)17-6-20(27)21(28)7-19(17)26/h6-9,14-15,18,22H,3-5,10-13,29H2,1-2H3/t15?,18-,22+/m1/s1. The Morgan fingerprint density at radius 3 is 2.54 bits per heavy atom. The number of halogens is 3. The Labute approximate surface area is 212 Å². The van der Waals surface area contributed by atoms with Gasteiger partial charge in [-0.3, -0.25) is 0 Å². The van der Waals surface area contributed by atoms with Crippen LogP contribution in [0.3, 0.4) is 0 Å². The predicted octanol–water partition coefficient (Wildman–Crippen LogP) is 3.63. The van der Waals surface area contributed by atoms with E-state index in [4.69, 9.17) is 15.0 Å². The number of hydrogen-bond donors (Lipinski definition) is 1. The molecule has 12 heteroatoms. The fourth-order valence-corrected chi connectivity index (χ4v) is 4.87. The molecule has 1 aromatic carbocycles. The number of ether oxygens (including phenoxy) is 1. The van der Waals surface area contributed by atoms with Gasteiger partial charge in [-0.05, 0) is 24.5 Å². The summed E-state index contributed by atoms with van der Waals surface area (Å²) < 4.78 is 52.7. The number of anilines is 2. The summed E-state index contributed by atoms with van der Waals surface area (Å²) in [5, 5.41) is 4.05. The molecule has 2 aromatic heterocycles. The van der Waals surface area contributed by atoms with Gasteiger partial charge >= 0.3 is 6.01 Å². The summed E-state index contributed by atoms with van der Waals surface area (Å²) in [6.45, 7) is 6.81. The molecule has 0 aliphatic carbocycles. The first-order valence-corrected chi connectivity index (χ1v) is 12.5. The van der Waals surface area contributed by atoms with Gasteiger partial charge in [0.25, 0.3) is 0 Å². The van der Waals surface area contributed by atoms with Gasteiger partial charge in [0.1, 0.15) is 5.82 Å². The van der Waals surface area contributed by atoms with Crippen molar-refractivity contribution in [3.05, 3.63) is 53.4 Å². The fourth-order valence-electron chi connectivity index (χ4n) is 4.87.